The van der Waals surface area contributed by atoms with Crippen molar-refractivity contribution < 1.29 is 14.0 Å². The van der Waals surface area contributed by atoms with E-state index in [9.17, 15) is 14.0 Å². The first kappa shape index (κ1) is 22.6. The van der Waals surface area contributed by atoms with Gasteiger partial charge < -0.3 is 0 Å². The van der Waals surface area contributed by atoms with Gasteiger partial charge in [-0.3, -0.25) is 24.7 Å². The molecule has 0 aromatic heterocycles. The van der Waals surface area contributed by atoms with Crippen molar-refractivity contribution >= 4 is 23.6 Å². The summed E-state index contributed by atoms with van der Waals surface area (Å²) in [4.78, 5) is 29.0. The molecule has 2 aromatic carbocycles. The van der Waals surface area contributed by atoms with E-state index in [1.165, 1.54) is 61.3 Å². The summed E-state index contributed by atoms with van der Waals surface area (Å²) < 4.78 is 14.8. The first-order chi connectivity index (χ1) is 16.1. The van der Waals surface area contributed by atoms with E-state index in [0.29, 0.717) is 36.6 Å². The van der Waals surface area contributed by atoms with Crippen LogP contribution in [0.25, 0.3) is 0 Å². The molecule has 2 aromatic rings. The van der Waals surface area contributed by atoms with Crippen molar-refractivity contribution in [2.75, 3.05) is 13.1 Å². The molecule has 5 nitrogen and oxygen atoms in total. The van der Waals surface area contributed by atoms with Crippen molar-refractivity contribution in [3.05, 3.63) is 64.5 Å². The van der Waals surface area contributed by atoms with Gasteiger partial charge in [-0.2, -0.15) is 0 Å². The zero-order valence-electron chi connectivity index (χ0n) is 18.8. The maximum atomic E-state index is 14.8. The SMILES string of the molecule is O=C1CCC(N2Cc3ccc(F)c(SCc4ccc(CN5CCCCC5)cc4)c3C2)C(=O)N1. The molecular weight excluding hydrogens is 437 g/mol. The van der Waals surface area contributed by atoms with E-state index in [0.717, 1.165) is 17.7 Å². The van der Waals surface area contributed by atoms with Crippen LogP contribution in [0, 0.1) is 5.82 Å². The van der Waals surface area contributed by atoms with Gasteiger partial charge >= 0.3 is 0 Å². The van der Waals surface area contributed by atoms with Crippen LogP contribution in [-0.4, -0.2) is 40.7 Å². The van der Waals surface area contributed by atoms with Crippen LogP contribution in [0.15, 0.2) is 41.3 Å². The fourth-order valence-corrected chi connectivity index (χ4v) is 6.20. The highest BCUT2D eigenvalue weighted by Gasteiger charge is 2.36. The number of nitrogens with zero attached hydrogens (tertiary/aromatic N) is 2. The number of nitrogens with one attached hydrogen (secondary N) is 1. The van der Waals surface area contributed by atoms with Crippen LogP contribution in [0.5, 0.6) is 0 Å². The Morgan fingerprint density at radius 1 is 0.970 bits per heavy atom. The van der Waals surface area contributed by atoms with E-state index in [-0.39, 0.29) is 23.7 Å². The molecule has 33 heavy (non-hydrogen) atoms. The number of fused-ring (bicyclic) bond motifs is 1. The molecule has 0 aliphatic carbocycles. The molecule has 1 N–H and O–H groups in total. The highest BCUT2D eigenvalue weighted by atomic mass is 32.2. The van der Waals surface area contributed by atoms with Crippen LogP contribution in [0.4, 0.5) is 4.39 Å². The Kier molecular flexibility index (Phi) is 6.81. The number of thioether (sulfide) groups is 1. The minimum Gasteiger partial charge on any atom is -0.299 e. The summed E-state index contributed by atoms with van der Waals surface area (Å²) in [7, 11) is 0. The monoisotopic (exact) mass is 467 g/mol. The number of halogens is 1. The van der Waals surface area contributed by atoms with Gasteiger partial charge in [-0.05, 0) is 60.7 Å². The third kappa shape index (κ3) is 5.15. The van der Waals surface area contributed by atoms with Crippen LogP contribution in [0.3, 0.4) is 0 Å². The molecule has 7 heteroatoms. The molecule has 0 radical (unpaired) electrons. The molecule has 1 unspecified atom stereocenters. The van der Waals surface area contributed by atoms with Crippen molar-refractivity contribution in [2.24, 2.45) is 0 Å². The molecule has 2 fully saturated rings. The van der Waals surface area contributed by atoms with Gasteiger partial charge in [-0.25, -0.2) is 4.39 Å². The summed E-state index contributed by atoms with van der Waals surface area (Å²) in [6, 6.07) is 11.7. The van der Waals surface area contributed by atoms with Crippen LogP contribution in [0.1, 0.15) is 54.4 Å². The molecular formula is C26H30FN3O2S. The average Bonchev–Trinajstić information content (AvgIpc) is 3.24. The molecule has 5 rings (SSSR count). The Balaban J connectivity index is 1.23. The number of hydrogen-bond donors (Lipinski definition) is 1. The van der Waals surface area contributed by atoms with Crippen molar-refractivity contribution in [1.29, 1.82) is 0 Å². The van der Waals surface area contributed by atoms with E-state index in [4.69, 9.17) is 0 Å². The predicted molar refractivity (Wildman–Crippen MR) is 127 cm³/mol. The van der Waals surface area contributed by atoms with E-state index in [1.54, 1.807) is 0 Å². The van der Waals surface area contributed by atoms with E-state index in [2.05, 4.69) is 39.4 Å². The van der Waals surface area contributed by atoms with Gasteiger partial charge in [0.1, 0.15) is 5.82 Å². The van der Waals surface area contributed by atoms with E-state index in [1.807, 2.05) is 6.07 Å². The van der Waals surface area contributed by atoms with Crippen molar-refractivity contribution in [3.63, 3.8) is 0 Å². The minimum atomic E-state index is -0.330. The van der Waals surface area contributed by atoms with E-state index < -0.39 is 0 Å². The Bertz CT molecular complexity index is 1040. The standard InChI is InChI=1S/C26H30FN3O2S/c27-22-9-8-20-15-30(23-10-11-24(31)28-26(23)32)16-21(20)25(22)33-17-19-6-4-18(5-7-19)14-29-12-2-1-3-13-29/h4-9,23H,1-3,10-17H2,(H,28,31,32). The molecule has 1 atom stereocenters. The maximum Gasteiger partial charge on any atom is 0.243 e. The zero-order valence-corrected chi connectivity index (χ0v) is 19.6. The van der Waals surface area contributed by atoms with Crippen LogP contribution < -0.4 is 5.32 Å². The van der Waals surface area contributed by atoms with Crippen LogP contribution in [0.2, 0.25) is 0 Å². The second kappa shape index (κ2) is 9.95. The molecule has 0 spiro atoms. The number of rotatable bonds is 6. The Hall–Kier alpha value is -2.22. The minimum absolute atomic E-state index is 0.203. The molecule has 3 aliphatic rings. The number of carbonyl (C=O) groups excluding carboxylic acids is 2. The Morgan fingerprint density at radius 2 is 1.73 bits per heavy atom. The van der Waals surface area contributed by atoms with Crippen LogP contribution in [-0.2, 0) is 35.0 Å². The zero-order chi connectivity index (χ0) is 22.8. The molecule has 0 saturated carbocycles. The van der Waals surface area contributed by atoms with Crippen molar-refractivity contribution in [3.8, 4) is 0 Å². The molecule has 0 bridgehead atoms. The summed E-state index contributed by atoms with van der Waals surface area (Å²) in [6.07, 6.45) is 4.81. The Morgan fingerprint density at radius 3 is 2.48 bits per heavy atom. The largest absolute Gasteiger partial charge is 0.299 e. The number of imide groups is 1. The van der Waals surface area contributed by atoms with Crippen LogP contribution >= 0.6 is 11.8 Å². The van der Waals surface area contributed by atoms with Crippen molar-refractivity contribution in [1.82, 2.24) is 15.1 Å². The highest BCUT2D eigenvalue weighted by Crippen LogP contribution is 2.37. The van der Waals surface area contributed by atoms with Gasteiger partial charge in [-0.15, -0.1) is 11.8 Å². The third-order valence-electron chi connectivity index (χ3n) is 6.96. The number of piperidine rings is 2. The second-order valence-electron chi connectivity index (χ2n) is 9.33. The van der Waals surface area contributed by atoms with Gasteiger partial charge in [-0.1, -0.05) is 36.8 Å². The topological polar surface area (TPSA) is 52.7 Å². The Labute approximate surface area is 198 Å². The quantitative estimate of drug-likeness (QED) is 0.509. The number of benzene rings is 2. The highest BCUT2D eigenvalue weighted by molar-refractivity contribution is 7.98. The number of hydrogen-bond acceptors (Lipinski definition) is 5. The average molecular weight is 468 g/mol. The molecule has 2 amide bonds. The fourth-order valence-electron chi connectivity index (χ4n) is 5.12. The smallest absolute Gasteiger partial charge is 0.243 e. The molecule has 3 aliphatic heterocycles. The second-order valence-corrected chi connectivity index (χ2v) is 10.3. The number of carbonyl (C=O) groups is 2. The summed E-state index contributed by atoms with van der Waals surface area (Å²) in [5.41, 5.74) is 4.56. The summed E-state index contributed by atoms with van der Waals surface area (Å²) >= 11 is 1.53. The van der Waals surface area contributed by atoms with Gasteiger partial charge in [0.2, 0.25) is 11.8 Å². The summed E-state index contributed by atoms with van der Waals surface area (Å²) in [5, 5.41) is 2.43. The maximum absolute atomic E-state index is 14.8. The fraction of sp³-hybridized carbons (Fsp3) is 0.462. The summed E-state index contributed by atoms with van der Waals surface area (Å²) in [5.74, 6) is 0.0525. The van der Waals surface area contributed by atoms with Gasteiger partial charge in [0.05, 0.1) is 6.04 Å². The van der Waals surface area contributed by atoms with Gasteiger partial charge in [0.15, 0.2) is 0 Å². The first-order valence-corrected chi connectivity index (χ1v) is 12.9. The lowest BCUT2D eigenvalue weighted by atomic mass is 10.0. The normalized spacial score (nSPS) is 21.8. The lowest BCUT2D eigenvalue weighted by molar-refractivity contribution is -0.137. The lowest BCUT2D eigenvalue weighted by Crippen LogP contribution is -2.50. The summed E-state index contributed by atoms with van der Waals surface area (Å²) in [6.45, 7) is 4.53. The molecule has 3 heterocycles. The molecule has 2 saturated heterocycles. The number of likely N-dealkylation sites (tertiary alicyclic amines) is 1. The van der Waals surface area contributed by atoms with Crippen molar-refractivity contribution in [2.45, 2.75) is 68.4 Å². The third-order valence-corrected chi connectivity index (χ3v) is 8.16. The predicted octanol–water partition coefficient (Wildman–Crippen LogP) is 4.22. The van der Waals surface area contributed by atoms with Gasteiger partial charge in [0.25, 0.3) is 0 Å². The van der Waals surface area contributed by atoms with E-state index >= 15 is 0 Å². The van der Waals surface area contributed by atoms with Gasteiger partial charge in [0, 0.05) is 36.7 Å². The molecule has 174 valence electrons. The lowest BCUT2D eigenvalue weighted by Gasteiger charge is -2.29. The first-order valence-electron chi connectivity index (χ1n) is 11.9. The number of amides is 2.